The van der Waals surface area contributed by atoms with Crippen molar-refractivity contribution >= 4 is 57.6 Å². The average molecular weight is 500 g/mol. The Morgan fingerprint density at radius 3 is 2.37 bits per heavy atom. The maximum absolute atomic E-state index is 12.3. The molecule has 0 unspecified atom stereocenters. The Balaban J connectivity index is 1.23. The Morgan fingerprint density at radius 1 is 0.943 bits per heavy atom. The second-order valence-electron chi connectivity index (χ2n) is 7.49. The fourth-order valence-electron chi connectivity index (χ4n) is 3.38. The van der Waals surface area contributed by atoms with E-state index in [0.29, 0.717) is 27.5 Å². The number of rotatable bonds is 5. The third kappa shape index (κ3) is 5.29. The predicted molar refractivity (Wildman–Crippen MR) is 141 cm³/mol. The lowest BCUT2D eigenvalue weighted by Crippen LogP contribution is -2.32. The molecule has 2 heterocycles. The van der Waals surface area contributed by atoms with Crippen LogP contribution in [-0.4, -0.2) is 26.0 Å². The van der Waals surface area contributed by atoms with Crippen LogP contribution >= 0.6 is 23.8 Å². The van der Waals surface area contributed by atoms with E-state index in [1.807, 2.05) is 66.7 Å². The number of hydrogen-bond donors (Lipinski definition) is 2. The van der Waals surface area contributed by atoms with Crippen LogP contribution in [0.4, 0.5) is 5.69 Å². The van der Waals surface area contributed by atoms with E-state index in [1.54, 1.807) is 24.3 Å². The number of thiocarbonyl (C=S) groups is 1. The van der Waals surface area contributed by atoms with Crippen molar-refractivity contribution in [3.63, 3.8) is 0 Å². The number of anilines is 1. The first-order chi connectivity index (χ1) is 17.0. The normalized spacial score (nSPS) is 11.1. The highest BCUT2D eigenvalue weighted by molar-refractivity contribution is 7.80. The predicted octanol–water partition coefficient (Wildman–Crippen LogP) is 5.86. The van der Waals surface area contributed by atoms with E-state index >= 15 is 0 Å². The first-order valence-electron chi connectivity index (χ1n) is 10.6. The molecule has 172 valence electrons. The smallest absolute Gasteiger partial charge is 0.250 e. The average Bonchev–Trinajstić information content (AvgIpc) is 3.51. The van der Waals surface area contributed by atoms with Gasteiger partial charge in [0.2, 0.25) is 5.91 Å². The van der Waals surface area contributed by atoms with Crippen molar-refractivity contribution in [2.45, 2.75) is 0 Å². The SMILES string of the molecule is O=C(/C=C/c1ccc(-c2ccccc2)o1)NC(=S)Nc1cc2nn(-c3ccccc3)nc2cc1Cl. The topological polar surface area (TPSA) is 85.0 Å². The summed E-state index contributed by atoms with van der Waals surface area (Å²) >= 11 is 11.7. The molecule has 0 bridgehead atoms. The van der Waals surface area contributed by atoms with E-state index in [9.17, 15) is 4.79 Å². The number of amides is 1. The van der Waals surface area contributed by atoms with Gasteiger partial charge in [-0.05, 0) is 54.7 Å². The fourth-order valence-corrected chi connectivity index (χ4v) is 3.79. The summed E-state index contributed by atoms with van der Waals surface area (Å²) < 4.78 is 5.76. The van der Waals surface area contributed by atoms with Crippen LogP contribution in [0.1, 0.15) is 5.76 Å². The largest absolute Gasteiger partial charge is 0.457 e. The second-order valence-corrected chi connectivity index (χ2v) is 8.31. The Labute approximate surface area is 211 Å². The van der Waals surface area contributed by atoms with Gasteiger partial charge in [-0.25, -0.2) is 0 Å². The van der Waals surface area contributed by atoms with Gasteiger partial charge in [0, 0.05) is 11.6 Å². The molecule has 0 atom stereocenters. The molecule has 9 heteroatoms. The molecule has 0 aliphatic heterocycles. The van der Waals surface area contributed by atoms with Crippen LogP contribution in [0.3, 0.4) is 0 Å². The van der Waals surface area contributed by atoms with Gasteiger partial charge in [-0.2, -0.15) is 4.80 Å². The number of benzene rings is 3. The lowest BCUT2D eigenvalue weighted by Gasteiger charge is -2.09. The number of nitrogens with zero attached hydrogens (tertiary/aromatic N) is 3. The Hall–Kier alpha value is -4.27. The Morgan fingerprint density at radius 2 is 1.63 bits per heavy atom. The summed E-state index contributed by atoms with van der Waals surface area (Å²) in [6.45, 7) is 0. The van der Waals surface area contributed by atoms with E-state index in [0.717, 1.165) is 17.0 Å². The van der Waals surface area contributed by atoms with Gasteiger partial charge in [-0.3, -0.25) is 10.1 Å². The van der Waals surface area contributed by atoms with Crippen LogP contribution in [0.25, 0.3) is 34.1 Å². The third-order valence-electron chi connectivity index (χ3n) is 5.03. The molecule has 2 N–H and O–H groups in total. The molecule has 7 nitrogen and oxygen atoms in total. The lowest BCUT2D eigenvalue weighted by molar-refractivity contribution is -0.115. The number of carbonyl (C=O) groups is 1. The van der Waals surface area contributed by atoms with Gasteiger partial charge in [0.15, 0.2) is 5.11 Å². The van der Waals surface area contributed by atoms with Gasteiger partial charge in [-0.1, -0.05) is 60.1 Å². The van der Waals surface area contributed by atoms with Gasteiger partial charge in [0.25, 0.3) is 0 Å². The molecule has 0 radical (unpaired) electrons. The molecule has 35 heavy (non-hydrogen) atoms. The molecule has 5 rings (SSSR count). The molecule has 3 aromatic carbocycles. The second kappa shape index (κ2) is 9.92. The number of fused-ring (bicyclic) bond motifs is 1. The minimum absolute atomic E-state index is 0.0979. The van der Waals surface area contributed by atoms with Crippen molar-refractivity contribution in [1.82, 2.24) is 20.3 Å². The van der Waals surface area contributed by atoms with Crippen LogP contribution in [-0.2, 0) is 4.79 Å². The molecule has 0 aliphatic carbocycles. The van der Waals surface area contributed by atoms with Crippen molar-refractivity contribution in [2.24, 2.45) is 0 Å². The van der Waals surface area contributed by atoms with Crippen molar-refractivity contribution in [3.05, 3.63) is 102 Å². The van der Waals surface area contributed by atoms with E-state index < -0.39 is 5.91 Å². The van der Waals surface area contributed by atoms with Gasteiger partial charge in [0.1, 0.15) is 22.6 Å². The zero-order valence-electron chi connectivity index (χ0n) is 18.2. The summed E-state index contributed by atoms with van der Waals surface area (Å²) in [6, 6.07) is 26.3. The van der Waals surface area contributed by atoms with Gasteiger partial charge >= 0.3 is 0 Å². The number of nitrogens with one attached hydrogen (secondary N) is 2. The van der Waals surface area contributed by atoms with E-state index in [2.05, 4.69) is 20.8 Å². The molecule has 2 aromatic heterocycles. The van der Waals surface area contributed by atoms with Crippen LogP contribution in [0.5, 0.6) is 0 Å². The highest BCUT2D eigenvalue weighted by Gasteiger charge is 2.11. The number of aromatic nitrogens is 3. The van der Waals surface area contributed by atoms with Crippen molar-refractivity contribution in [1.29, 1.82) is 0 Å². The number of hydrogen-bond acceptors (Lipinski definition) is 5. The van der Waals surface area contributed by atoms with E-state index in [1.165, 1.54) is 10.9 Å². The molecule has 0 spiro atoms. The van der Waals surface area contributed by atoms with Crippen LogP contribution < -0.4 is 10.6 Å². The zero-order chi connectivity index (χ0) is 24.2. The monoisotopic (exact) mass is 499 g/mol. The Bertz CT molecular complexity index is 1540. The summed E-state index contributed by atoms with van der Waals surface area (Å²) in [7, 11) is 0. The summed E-state index contributed by atoms with van der Waals surface area (Å²) in [5, 5.41) is 15.0. The van der Waals surface area contributed by atoms with E-state index in [4.69, 9.17) is 28.2 Å². The molecule has 0 saturated heterocycles. The van der Waals surface area contributed by atoms with Crippen LogP contribution in [0, 0.1) is 0 Å². The van der Waals surface area contributed by atoms with E-state index in [-0.39, 0.29) is 5.11 Å². The van der Waals surface area contributed by atoms with Crippen molar-refractivity contribution in [3.8, 4) is 17.0 Å². The number of carbonyl (C=O) groups excluding carboxylic acids is 1. The minimum atomic E-state index is -0.410. The summed E-state index contributed by atoms with van der Waals surface area (Å²) in [6.07, 6.45) is 2.92. The number of para-hydroxylation sites is 1. The van der Waals surface area contributed by atoms with Crippen LogP contribution in [0.2, 0.25) is 5.02 Å². The standard InChI is InChI=1S/C26H18ClN5O2S/c27-20-15-22-23(31-32(30-22)18-9-5-2-6-10-18)16-21(20)28-26(35)29-25(33)14-12-19-11-13-24(34-19)17-7-3-1-4-8-17/h1-16H,(H2,28,29,33,35)/b14-12+. The minimum Gasteiger partial charge on any atom is -0.457 e. The third-order valence-corrected chi connectivity index (χ3v) is 5.54. The fraction of sp³-hybridized carbons (Fsp3) is 0. The first-order valence-corrected chi connectivity index (χ1v) is 11.4. The molecule has 5 aromatic rings. The number of furan rings is 1. The molecule has 0 aliphatic rings. The van der Waals surface area contributed by atoms with Crippen molar-refractivity contribution in [2.75, 3.05) is 5.32 Å². The highest BCUT2D eigenvalue weighted by Crippen LogP contribution is 2.27. The van der Waals surface area contributed by atoms with Gasteiger partial charge < -0.3 is 9.73 Å². The highest BCUT2D eigenvalue weighted by atomic mass is 35.5. The summed E-state index contributed by atoms with van der Waals surface area (Å²) in [5.74, 6) is 0.859. The van der Waals surface area contributed by atoms with Crippen LogP contribution in [0.15, 0.2) is 95.4 Å². The lowest BCUT2D eigenvalue weighted by atomic mass is 10.2. The maximum atomic E-state index is 12.3. The summed E-state index contributed by atoms with van der Waals surface area (Å²) in [5.41, 5.74) is 3.56. The van der Waals surface area contributed by atoms with Gasteiger partial charge in [-0.15, -0.1) is 10.2 Å². The molecule has 0 fully saturated rings. The molecule has 0 saturated carbocycles. The first kappa shape index (κ1) is 22.5. The maximum Gasteiger partial charge on any atom is 0.250 e. The quantitative estimate of drug-likeness (QED) is 0.233. The Kier molecular flexibility index (Phi) is 6.38. The summed E-state index contributed by atoms with van der Waals surface area (Å²) in [4.78, 5) is 13.9. The molecular formula is C26H18ClN5O2S. The van der Waals surface area contributed by atoms with Crippen molar-refractivity contribution < 1.29 is 9.21 Å². The number of halogens is 1. The van der Waals surface area contributed by atoms with Gasteiger partial charge in [0.05, 0.1) is 16.4 Å². The molecule has 1 amide bonds. The molecular weight excluding hydrogens is 482 g/mol. The zero-order valence-corrected chi connectivity index (χ0v) is 19.8.